The summed E-state index contributed by atoms with van der Waals surface area (Å²) in [6.45, 7) is 3.28. The Bertz CT molecular complexity index is 527. The zero-order valence-electron chi connectivity index (χ0n) is 11.2. The second-order valence-electron chi connectivity index (χ2n) is 4.64. The van der Waals surface area contributed by atoms with Gasteiger partial charge in [-0.25, -0.2) is 4.79 Å². The first kappa shape index (κ1) is 15.6. The summed E-state index contributed by atoms with van der Waals surface area (Å²) in [6.07, 6.45) is -0.134. The number of nitrogens with one attached hydrogen (secondary N) is 1. The van der Waals surface area contributed by atoms with Gasteiger partial charge in [-0.3, -0.25) is 14.9 Å². The molecule has 0 heterocycles. The summed E-state index contributed by atoms with van der Waals surface area (Å²) in [5, 5.41) is 22.4. The Kier molecular flexibility index (Phi) is 5.19. The molecule has 0 aromatic heterocycles. The van der Waals surface area contributed by atoms with Crippen LogP contribution in [0.3, 0.4) is 0 Å². The molecule has 1 aromatic carbocycles. The number of nitro benzene ring substituents is 1. The van der Waals surface area contributed by atoms with Crippen LogP contribution < -0.4 is 5.32 Å². The van der Waals surface area contributed by atoms with Crippen molar-refractivity contribution in [1.82, 2.24) is 5.32 Å². The third-order valence-electron chi connectivity index (χ3n) is 2.75. The van der Waals surface area contributed by atoms with E-state index in [0.29, 0.717) is 0 Å². The minimum absolute atomic E-state index is 0.134. The molecule has 0 saturated carbocycles. The topological polar surface area (TPSA) is 110 Å². The number of para-hydroxylation sites is 1. The summed E-state index contributed by atoms with van der Waals surface area (Å²) < 4.78 is 0. The number of hydrogen-bond donors (Lipinski definition) is 2. The number of amides is 1. The molecule has 1 atom stereocenters. The van der Waals surface area contributed by atoms with Gasteiger partial charge in [-0.05, 0) is 0 Å². The highest BCUT2D eigenvalue weighted by atomic mass is 16.6. The van der Waals surface area contributed by atoms with E-state index >= 15 is 0 Å². The third kappa shape index (κ3) is 4.04. The van der Waals surface area contributed by atoms with E-state index in [1.54, 1.807) is 19.9 Å². The maximum Gasteiger partial charge on any atom is 0.326 e. The van der Waals surface area contributed by atoms with Gasteiger partial charge in [0.05, 0.1) is 4.92 Å². The number of hydrogen-bond acceptors (Lipinski definition) is 4. The highest BCUT2D eigenvalue weighted by molar-refractivity contribution is 5.84. The molecule has 1 amide bonds. The zero-order chi connectivity index (χ0) is 15.3. The van der Waals surface area contributed by atoms with Crippen molar-refractivity contribution in [3.63, 3.8) is 0 Å². The SMILES string of the molecule is CC(C)C(=O)N[C@H](Cc1ccccc1[N+](=O)[O-])C(=O)O. The number of aliphatic carboxylic acids is 1. The van der Waals surface area contributed by atoms with Crippen LogP contribution in [0.1, 0.15) is 19.4 Å². The Morgan fingerprint density at radius 2 is 1.95 bits per heavy atom. The van der Waals surface area contributed by atoms with E-state index in [9.17, 15) is 19.7 Å². The number of carbonyl (C=O) groups is 2. The van der Waals surface area contributed by atoms with Gasteiger partial charge < -0.3 is 10.4 Å². The monoisotopic (exact) mass is 280 g/mol. The highest BCUT2D eigenvalue weighted by Gasteiger charge is 2.25. The molecule has 0 aliphatic heterocycles. The maximum atomic E-state index is 11.6. The fourth-order valence-corrected chi connectivity index (χ4v) is 1.62. The van der Waals surface area contributed by atoms with Crippen molar-refractivity contribution in [2.45, 2.75) is 26.3 Å². The van der Waals surface area contributed by atoms with Gasteiger partial charge in [0.15, 0.2) is 0 Å². The van der Waals surface area contributed by atoms with Crippen molar-refractivity contribution in [2.75, 3.05) is 0 Å². The number of carboxylic acids is 1. The number of nitro groups is 1. The summed E-state index contributed by atoms with van der Waals surface area (Å²) in [6, 6.07) is 4.69. The minimum atomic E-state index is -1.22. The molecular formula is C13H16N2O5. The van der Waals surface area contributed by atoms with Gasteiger partial charge in [0.25, 0.3) is 5.69 Å². The highest BCUT2D eigenvalue weighted by Crippen LogP contribution is 2.19. The molecule has 0 aliphatic carbocycles. The Balaban J connectivity index is 2.94. The Morgan fingerprint density at radius 1 is 1.35 bits per heavy atom. The van der Waals surface area contributed by atoms with Crippen LogP contribution in [0.15, 0.2) is 24.3 Å². The van der Waals surface area contributed by atoms with Crippen molar-refractivity contribution in [2.24, 2.45) is 5.92 Å². The van der Waals surface area contributed by atoms with Crippen LogP contribution in [0.4, 0.5) is 5.69 Å². The quantitative estimate of drug-likeness (QED) is 0.604. The summed E-state index contributed by atoms with van der Waals surface area (Å²) in [5.74, 6) is -1.99. The lowest BCUT2D eigenvalue weighted by Crippen LogP contribution is -2.44. The van der Waals surface area contributed by atoms with Crippen molar-refractivity contribution >= 4 is 17.6 Å². The normalized spacial score (nSPS) is 11.9. The molecule has 0 saturated heterocycles. The lowest BCUT2D eigenvalue weighted by atomic mass is 10.0. The van der Waals surface area contributed by atoms with Gasteiger partial charge in [-0.2, -0.15) is 0 Å². The number of nitrogens with zero attached hydrogens (tertiary/aromatic N) is 1. The Morgan fingerprint density at radius 3 is 2.45 bits per heavy atom. The van der Waals surface area contributed by atoms with E-state index in [-0.39, 0.29) is 23.6 Å². The molecule has 0 aliphatic rings. The molecule has 1 rings (SSSR count). The van der Waals surface area contributed by atoms with Crippen molar-refractivity contribution < 1.29 is 19.6 Å². The molecule has 1 aromatic rings. The number of carboxylic acid groups (broad SMARTS) is 1. The predicted octanol–water partition coefficient (Wildman–Crippen LogP) is 1.36. The van der Waals surface area contributed by atoms with E-state index in [0.717, 1.165) is 0 Å². The number of benzene rings is 1. The maximum absolute atomic E-state index is 11.6. The molecule has 0 unspecified atom stereocenters. The fraction of sp³-hybridized carbons (Fsp3) is 0.385. The lowest BCUT2D eigenvalue weighted by molar-refractivity contribution is -0.385. The van der Waals surface area contributed by atoms with Crippen molar-refractivity contribution in [3.05, 3.63) is 39.9 Å². The third-order valence-corrected chi connectivity index (χ3v) is 2.75. The van der Waals surface area contributed by atoms with Crippen LogP contribution in [0, 0.1) is 16.0 Å². The molecular weight excluding hydrogens is 264 g/mol. The summed E-state index contributed by atoms with van der Waals surface area (Å²) in [4.78, 5) is 33.0. The smallest absolute Gasteiger partial charge is 0.326 e. The molecule has 2 N–H and O–H groups in total. The molecule has 0 fully saturated rings. The van der Waals surface area contributed by atoms with Crippen LogP contribution in [0.5, 0.6) is 0 Å². The molecule has 0 spiro atoms. The van der Waals surface area contributed by atoms with Gasteiger partial charge in [-0.15, -0.1) is 0 Å². The van der Waals surface area contributed by atoms with Crippen LogP contribution in [0.2, 0.25) is 0 Å². The van der Waals surface area contributed by atoms with Crippen LogP contribution in [0.25, 0.3) is 0 Å². The Hall–Kier alpha value is -2.44. The van der Waals surface area contributed by atoms with Gasteiger partial charge in [0.2, 0.25) is 5.91 Å². The number of rotatable bonds is 6. The largest absolute Gasteiger partial charge is 0.480 e. The average molecular weight is 280 g/mol. The van der Waals surface area contributed by atoms with E-state index in [2.05, 4.69) is 5.32 Å². The van der Waals surface area contributed by atoms with Crippen molar-refractivity contribution in [1.29, 1.82) is 0 Å². The van der Waals surface area contributed by atoms with Crippen LogP contribution in [-0.2, 0) is 16.0 Å². The Labute approximate surface area is 115 Å². The van der Waals surface area contributed by atoms with Crippen LogP contribution >= 0.6 is 0 Å². The van der Waals surface area contributed by atoms with E-state index < -0.39 is 22.8 Å². The molecule has 108 valence electrons. The van der Waals surface area contributed by atoms with E-state index in [1.165, 1.54) is 18.2 Å². The summed E-state index contributed by atoms with van der Waals surface area (Å²) in [5.41, 5.74) is 0.117. The second-order valence-corrected chi connectivity index (χ2v) is 4.64. The first-order chi connectivity index (χ1) is 9.32. The van der Waals surface area contributed by atoms with E-state index in [4.69, 9.17) is 5.11 Å². The summed E-state index contributed by atoms with van der Waals surface area (Å²) in [7, 11) is 0. The van der Waals surface area contributed by atoms with Gasteiger partial charge >= 0.3 is 5.97 Å². The summed E-state index contributed by atoms with van der Waals surface area (Å²) >= 11 is 0. The first-order valence-electron chi connectivity index (χ1n) is 6.08. The zero-order valence-corrected chi connectivity index (χ0v) is 11.2. The molecule has 20 heavy (non-hydrogen) atoms. The first-order valence-corrected chi connectivity index (χ1v) is 6.08. The lowest BCUT2D eigenvalue weighted by Gasteiger charge is -2.16. The van der Waals surface area contributed by atoms with Gasteiger partial charge in [0.1, 0.15) is 6.04 Å². The molecule has 0 radical (unpaired) electrons. The predicted molar refractivity (Wildman–Crippen MR) is 71.2 cm³/mol. The molecule has 0 bridgehead atoms. The van der Waals surface area contributed by atoms with E-state index in [1.807, 2.05) is 0 Å². The van der Waals surface area contributed by atoms with Crippen molar-refractivity contribution in [3.8, 4) is 0 Å². The molecule has 7 heteroatoms. The van der Waals surface area contributed by atoms with Gasteiger partial charge in [0, 0.05) is 24.0 Å². The average Bonchev–Trinajstić information content (AvgIpc) is 2.37. The second kappa shape index (κ2) is 6.65. The minimum Gasteiger partial charge on any atom is -0.480 e. The standard InChI is InChI=1S/C13H16N2O5/c1-8(2)12(16)14-10(13(17)18)7-9-5-3-4-6-11(9)15(19)20/h3-6,8,10H,7H2,1-2H3,(H,14,16)(H,17,18)/t10-/m1/s1. The van der Waals surface area contributed by atoms with Crippen LogP contribution in [-0.4, -0.2) is 27.9 Å². The fourth-order valence-electron chi connectivity index (χ4n) is 1.62. The number of carbonyl (C=O) groups excluding carboxylic acids is 1. The van der Waals surface area contributed by atoms with Gasteiger partial charge in [-0.1, -0.05) is 32.0 Å². The molecule has 7 nitrogen and oxygen atoms in total.